The third-order valence-electron chi connectivity index (χ3n) is 5.06. The molecule has 0 aromatic carbocycles. The van der Waals surface area contributed by atoms with Crippen molar-refractivity contribution in [3.05, 3.63) is 50.3 Å². The van der Waals surface area contributed by atoms with Crippen molar-refractivity contribution >= 4 is 23.2 Å². The molecule has 4 heterocycles. The highest BCUT2D eigenvalue weighted by Crippen LogP contribution is 2.28. The molecule has 4 rings (SSSR count). The van der Waals surface area contributed by atoms with Gasteiger partial charge >= 0.3 is 0 Å². The maximum absolute atomic E-state index is 12.7. The van der Waals surface area contributed by atoms with Crippen molar-refractivity contribution in [2.45, 2.75) is 32.6 Å². The SMILES string of the molecule is Cc1nc2cc([C@@H]3CCCN(C(=O)c4[nH]ncc4Cl)C3)[nH]n2c(=O)c1C. The molecule has 1 amide bonds. The summed E-state index contributed by atoms with van der Waals surface area (Å²) >= 11 is 6.01. The minimum atomic E-state index is -0.157. The molecule has 1 fully saturated rings. The predicted molar refractivity (Wildman–Crippen MR) is 96.8 cm³/mol. The number of aromatic nitrogens is 5. The average Bonchev–Trinajstić information content (AvgIpc) is 3.25. The molecule has 3 aromatic rings. The number of hydrogen-bond donors (Lipinski definition) is 2. The third kappa shape index (κ3) is 2.70. The number of carbonyl (C=O) groups excluding carboxylic acids is 1. The zero-order chi connectivity index (χ0) is 18.4. The highest BCUT2D eigenvalue weighted by molar-refractivity contribution is 6.33. The van der Waals surface area contributed by atoms with E-state index < -0.39 is 0 Å². The molecule has 136 valence electrons. The number of H-pyrrole nitrogens is 2. The van der Waals surface area contributed by atoms with Crippen molar-refractivity contribution < 1.29 is 4.79 Å². The van der Waals surface area contributed by atoms with E-state index in [9.17, 15) is 9.59 Å². The molecule has 0 radical (unpaired) electrons. The third-order valence-corrected chi connectivity index (χ3v) is 5.35. The van der Waals surface area contributed by atoms with Crippen LogP contribution in [0.5, 0.6) is 0 Å². The van der Waals surface area contributed by atoms with Gasteiger partial charge in [0, 0.05) is 42.0 Å². The van der Waals surface area contributed by atoms with Gasteiger partial charge in [-0.15, -0.1) is 0 Å². The lowest BCUT2D eigenvalue weighted by Crippen LogP contribution is -2.39. The van der Waals surface area contributed by atoms with Gasteiger partial charge in [-0.25, -0.2) is 9.50 Å². The smallest absolute Gasteiger partial charge is 0.275 e. The number of amides is 1. The van der Waals surface area contributed by atoms with Crippen LogP contribution in [0.4, 0.5) is 0 Å². The average molecular weight is 375 g/mol. The summed E-state index contributed by atoms with van der Waals surface area (Å²) in [7, 11) is 0. The number of likely N-dealkylation sites (tertiary alicyclic amines) is 1. The Labute approximate surface area is 154 Å². The molecule has 0 spiro atoms. The van der Waals surface area contributed by atoms with Crippen LogP contribution >= 0.6 is 11.6 Å². The fourth-order valence-corrected chi connectivity index (χ4v) is 3.61. The Kier molecular flexibility index (Phi) is 4.07. The van der Waals surface area contributed by atoms with E-state index in [1.54, 1.807) is 11.8 Å². The van der Waals surface area contributed by atoms with E-state index in [-0.39, 0.29) is 17.4 Å². The summed E-state index contributed by atoms with van der Waals surface area (Å²) in [5.74, 6) is -0.0496. The van der Waals surface area contributed by atoms with Gasteiger partial charge in [-0.05, 0) is 26.7 Å². The zero-order valence-electron chi connectivity index (χ0n) is 14.5. The second-order valence-corrected chi connectivity index (χ2v) is 7.12. The second-order valence-electron chi connectivity index (χ2n) is 6.72. The van der Waals surface area contributed by atoms with Crippen molar-refractivity contribution in [3.8, 4) is 0 Å². The standard InChI is InChI=1S/C17H19ClN6O2/c1-9-10(2)20-14-6-13(22-24(14)16(9)25)11-4-3-5-23(8-11)17(26)15-12(18)7-19-21-15/h6-7,11,22H,3-5,8H2,1-2H3,(H,19,21)/t11-/m1/s1. The Bertz CT molecular complexity index is 1050. The van der Waals surface area contributed by atoms with Crippen LogP contribution < -0.4 is 5.56 Å². The number of rotatable bonds is 2. The van der Waals surface area contributed by atoms with E-state index in [2.05, 4.69) is 20.3 Å². The van der Waals surface area contributed by atoms with Crippen LogP contribution in [0, 0.1) is 13.8 Å². The molecule has 1 saturated heterocycles. The van der Waals surface area contributed by atoms with E-state index in [1.165, 1.54) is 10.7 Å². The molecule has 2 N–H and O–H groups in total. The van der Waals surface area contributed by atoms with Gasteiger partial charge in [-0.3, -0.25) is 19.8 Å². The Morgan fingerprint density at radius 3 is 2.92 bits per heavy atom. The molecule has 3 aromatic heterocycles. The predicted octanol–water partition coefficient (Wildman–Crippen LogP) is 2.04. The molecule has 0 saturated carbocycles. The summed E-state index contributed by atoms with van der Waals surface area (Å²) in [6, 6.07) is 1.90. The maximum atomic E-state index is 12.7. The fraction of sp³-hybridized carbons (Fsp3) is 0.412. The molecule has 1 atom stereocenters. The van der Waals surface area contributed by atoms with Gasteiger partial charge in [0.25, 0.3) is 11.5 Å². The van der Waals surface area contributed by atoms with Crippen molar-refractivity contribution in [3.63, 3.8) is 0 Å². The molecule has 0 aliphatic carbocycles. The van der Waals surface area contributed by atoms with E-state index >= 15 is 0 Å². The van der Waals surface area contributed by atoms with Gasteiger partial charge in [-0.2, -0.15) is 5.10 Å². The van der Waals surface area contributed by atoms with Crippen LogP contribution in [-0.4, -0.2) is 48.7 Å². The monoisotopic (exact) mass is 374 g/mol. The lowest BCUT2D eigenvalue weighted by molar-refractivity contribution is 0.0700. The second kappa shape index (κ2) is 6.28. The molecule has 1 aliphatic heterocycles. The first-order valence-electron chi connectivity index (χ1n) is 8.52. The topological polar surface area (TPSA) is 99.2 Å². The maximum Gasteiger partial charge on any atom is 0.275 e. The number of halogens is 1. The van der Waals surface area contributed by atoms with Crippen molar-refractivity contribution in [1.82, 2.24) is 29.7 Å². The van der Waals surface area contributed by atoms with Gasteiger partial charge < -0.3 is 4.90 Å². The van der Waals surface area contributed by atoms with Gasteiger partial charge in [-0.1, -0.05) is 11.6 Å². The first-order valence-corrected chi connectivity index (χ1v) is 8.90. The van der Waals surface area contributed by atoms with Crippen molar-refractivity contribution in [2.75, 3.05) is 13.1 Å². The minimum Gasteiger partial charge on any atom is -0.337 e. The first-order chi connectivity index (χ1) is 12.5. The number of aromatic amines is 2. The first kappa shape index (κ1) is 16.8. The number of nitrogens with one attached hydrogen (secondary N) is 2. The molecule has 26 heavy (non-hydrogen) atoms. The summed E-state index contributed by atoms with van der Waals surface area (Å²) in [5, 5.41) is 9.96. The van der Waals surface area contributed by atoms with Gasteiger partial charge in [0.05, 0.1) is 11.2 Å². The van der Waals surface area contributed by atoms with E-state index in [0.29, 0.717) is 35.0 Å². The lowest BCUT2D eigenvalue weighted by Gasteiger charge is -2.32. The molecule has 0 unspecified atom stereocenters. The Hall–Kier alpha value is -2.61. The summed E-state index contributed by atoms with van der Waals surface area (Å²) < 4.78 is 1.48. The number of fused-ring (bicyclic) bond motifs is 1. The zero-order valence-corrected chi connectivity index (χ0v) is 15.3. The summed E-state index contributed by atoms with van der Waals surface area (Å²) in [4.78, 5) is 31.3. The van der Waals surface area contributed by atoms with E-state index in [1.807, 2.05) is 13.0 Å². The van der Waals surface area contributed by atoms with Crippen LogP contribution in [-0.2, 0) is 0 Å². The molecule has 0 bridgehead atoms. The highest BCUT2D eigenvalue weighted by atomic mass is 35.5. The normalized spacial score (nSPS) is 17.8. The van der Waals surface area contributed by atoms with Crippen molar-refractivity contribution in [1.29, 1.82) is 0 Å². The van der Waals surface area contributed by atoms with Crippen LogP contribution in [0.25, 0.3) is 5.65 Å². The fourth-order valence-electron chi connectivity index (χ4n) is 3.44. The largest absolute Gasteiger partial charge is 0.337 e. The van der Waals surface area contributed by atoms with Crippen LogP contribution in [0.2, 0.25) is 5.02 Å². The molecular weight excluding hydrogens is 356 g/mol. The molecular formula is C17H19ClN6O2. The summed E-state index contributed by atoms with van der Waals surface area (Å²) in [6.45, 7) is 4.82. The summed E-state index contributed by atoms with van der Waals surface area (Å²) in [5.41, 5.74) is 3.10. The number of piperidine rings is 1. The minimum absolute atomic E-state index is 0.0910. The quantitative estimate of drug-likeness (QED) is 0.716. The summed E-state index contributed by atoms with van der Waals surface area (Å²) in [6.07, 6.45) is 3.23. The number of carbonyl (C=O) groups is 1. The molecule has 1 aliphatic rings. The molecule has 8 nitrogen and oxygen atoms in total. The van der Waals surface area contributed by atoms with Crippen molar-refractivity contribution in [2.24, 2.45) is 0 Å². The Morgan fingerprint density at radius 1 is 1.38 bits per heavy atom. The lowest BCUT2D eigenvalue weighted by atomic mass is 9.94. The van der Waals surface area contributed by atoms with Crippen LogP contribution in [0.1, 0.15) is 46.2 Å². The Balaban J connectivity index is 1.63. The van der Waals surface area contributed by atoms with Crippen LogP contribution in [0.3, 0.4) is 0 Å². The van der Waals surface area contributed by atoms with Gasteiger partial charge in [0.2, 0.25) is 0 Å². The number of aryl methyl sites for hydroxylation is 1. The number of hydrogen-bond acceptors (Lipinski definition) is 4. The number of nitrogens with zero attached hydrogens (tertiary/aromatic N) is 4. The van der Waals surface area contributed by atoms with Gasteiger partial charge in [0.1, 0.15) is 5.69 Å². The van der Waals surface area contributed by atoms with Gasteiger partial charge in [0.15, 0.2) is 5.65 Å². The Morgan fingerprint density at radius 2 is 2.19 bits per heavy atom. The highest BCUT2D eigenvalue weighted by Gasteiger charge is 2.28. The van der Waals surface area contributed by atoms with E-state index in [0.717, 1.165) is 24.2 Å². The van der Waals surface area contributed by atoms with E-state index in [4.69, 9.17) is 11.6 Å². The van der Waals surface area contributed by atoms with Crippen LogP contribution in [0.15, 0.2) is 17.1 Å². The molecule has 9 heteroatoms.